The van der Waals surface area contributed by atoms with Crippen molar-refractivity contribution in [3.05, 3.63) is 65.2 Å². The van der Waals surface area contributed by atoms with E-state index in [1.807, 2.05) is 61.9 Å². The molecule has 170 valence electrons. The molecule has 0 atom stereocenters. The minimum Gasteiger partial charge on any atom is -0.480 e. The standard InChI is InChI=1S/C25H27N5O3/c1-4-30-22(18-8-6-5-7-9-18)14-21(28-30)25-27-24(29-33-25)19-12-16(2)20(17(3)13-19)10-11-26-15-23(31)32/h5-9,12-14,26H,4,10-11,15H2,1-3H3,(H,31,32). The fourth-order valence-corrected chi connectivity index (χ4v) is 3.97. The first-order valence-corrected chi connectivity index (χ1v) is 11.0. The zero-order valence-electron chi connectivity index (χ0n) is 19.0. The third-order valence-corrected chi connectivity index (χ3v) is 5.58. The largest absolute Gasteiger partial charge is 0.480 e. The number of carbonyl (C=O) groups is 1. The lowest BCUT2D eigenvalue weighted by Crippen LogP contribution is -2.25. The van der Waals surface area contributed by atoms with Gasteiger partial charge in [-0.3, -0.25) is 9.48 Å². The Bertz CT molecular complexity index is 1240. The molecule has 33 heavy (non-hydrogen) atoms. The highest BCUT2D eigenvalue weighted by atomic mass is 16.5. The van der Waals surface area contributed by atoms with Crippen molar-refractivity contribution in [2.75, 3.05) is 13.1 Å². The van der Waals surface area contributed by atoms with Gasteiger partial charge in [-0.25, -0.2) is 0 Å². The van der Waals surface area contributed by atoms with Gasteiger partial charge in [0.05, 0.1) is 12.2 Å². The lowest BCUT2D eigenvalue weighted by atomic mass is 9.96. The van der Waals surface area contributed by atoms with E-state index in [1.54, 1.807) is 0 Å². The van der Waals surface area contributed by atoms with Crippen molar-refractivity contribution in [1.29, 1.82) is 0 Å². The van der Waals surface area contributed by atoms with Crippen molar-refractivity contribution in [2.24, 2.45) is 0 Å². The van der Waals surface area contributed by atoms with Gasteiger partial charge < -0.3 is 14.9 Å². The van der Waals surface area contributed by atoms with Crippen molar-refractivity contribution in [3.8, 4) is 34.2 Å². The molecular weight excluding hydrogens is 418 g/mol. The molecule has 4 rings (SSSR count). The summed E-state index contributed by atoms with van der Waals surface area (Å²) in [6.07, 6.45) is 0.749. The zero-order valence-corrected chi connectivity index (χ0v) is 19.0. The van der Waals surface area contributed by atoms with Gasteiger partial charge >= 0.3 is 5.97 Å². The van der Waals surface area contributed by atoms with Crippen LogP contribution in [0.25, 0.3) is 34.2 Å². The summed E-state index contributed by atoms with van der Waals surface area (Å²) in [4.78, 5) is 15.3. The molecule has 0 aliphatic carbocycles. The number of aliphatic carboxylic acids is 1. The number of nitrogens with zero attached hydrogens (tertiary/aromatic N) is 4. The van der Waals surface area contributed by atoms with E-state index >= 15 is 0 Å². The predicted octanol–water partition coefficient (Wildman–Crippen LogP) is 4.12. The number of benzene rings is 2. The Morgan fingerprint density at radius 3 is 2.48 bits per heavy atom. The second kappa shape index (κ2) is 9.79. The van der Waals surface area contributed by atoms with Gasteiger partial charge in [-0.2, -0.15) is 10.1 Å². The zero-order chi connectivity index (χ0) is 23.4. The van der Waals surface area contributed by atoms with E-state index in [4.69, 9.17) is 9.63 Å². The minimum atomic E-state index is -0.855. The van der Waals surface area contributed by atoms with E-state index in [2.05, 4.69) is 32.7 Å². The first kappa shape index (κ1) is 22.4. The Balaban J connectivity index is 1.56. The molecule has 0 saturated heterocycles. The molecule has 0 fully saturated rings. The van der Waals surface area contributed by atoms with Gasteiger partial charge in [0, 0.05) is 12.1 Å². The molecule has 0 radical (unpaired) electrons. The molecule has 8 nitrogen and oxygen atoms in total. The number of hydrogen-bond acceptors (Lipinski definition) is 6. The Morgan fingerprint density at radius 1 is 1.09 bits per heavy atom. The third kappa shape index (κ3) is 5.01. The topological polar surface area (TPSA) is 106 Å². The molecule has 0 unspecified atom stereocenters. The minimum absolute atomic E-state index is 0.0401. The lowest BCUT2D eigenvalue weighted by molar-refractivity contribution is -0.135. The van der Waals surface area contributed by atoms with Gasteiger partial charge in [0.1, 0.15) is 0 Å². The van der Waals surface area contributed by atoms with Crippen molar-refractivity contribution in [1.82, 2.24) is 25.2 Å². The van der Waals surface area contributed by atoms with Crippen molar-refractivity contribution < 1.29 is 14.4 Å². The van der Waals surface area contributed by atoms with Crippen LogP contribution < -0.4 is 5.32 Å². The van der Waals surface area contributed by atoms with Gasteiger partial charge in [0.25, 0.3) is 5.89 Å². The van der Waals surface area contributed by atoms with Gasteiger partial charge in [-0.15, -0.1) is 0 Å². The summed E-state index contributed by atoms with van der Waals surface area (Å²) in [6, 6.07) is 16.1. The van der Waals surface area contributed by atoms with E-state index < -0.39 is 5.97 Å². The SMILES string of the molecule is CCn1nc(-c2nc(-c3cc(C)c(CCNCC(=O)O)c(C)c3)no2)cc1-c1ccccc1. The fourth-order valence-electron chi connectivity index (χ4n) is 3.97. The predicted molar refractivity (Wildman–Crippen MR) is 126 cm³/mol. The van der Waals surface area contributed by atoms with Gasteiger partial charge in [-0.05, 0) is 74.2 Å². The highest BCUT2D eigenvalue weighted by Gasteiger charge is 2.18. The summed E-state index contributed by atoms with van der Waals surface area (Å²) in [5.74, 6) is 0.0389. The molecule has 2 heterocycles. The number of nitrogens with one attached hydrogen (secondary N) is 1. The second-order valence-corrected chi connectivity index (χ2v) is 7.93. The molecule has 4 aromatic rings. The summed E-state index contributed by atoms with van der Waals surface area (Å²) in [5, 5.41) is 20.5. The summed E-state index contributed by atoms with van der Waals surface area (Å²) in [6.45, 7) is 7.42. The van der Waals surface area contributed by atoms with Crippen LogP contribution in [0.1, 0.15) is 23.6 Å². The maximum absolute atomic E-state index is 10.7. The number of carboxylic acids is 1. The quantitative estimate of drug-likeness (QED) is 0.373. The first-order chi connectivity index (χ1) is 16.0. The van der Waals surface area contributed by atoms with Gasteiger partial charge in [-0.1, -0.05) is 35.5 Å². The molecule has 0 saturated carbocycles. The number of carboxylic acid groups (broad SMARTS) is 1. The Hall–Kier alpha value is -3.78. The highest BCUT2D eigenvalue weighted by molar-refractivity contribution is 5.69. The molecule has 0 aliphatic heterocycles. The highest BCUT2D eigenvalue weighted by Crippen LogP contribution is 2.28. The Morgan fingerprint density at radius 2 is 1.82 bits per heavy atom. The third-order valence-electron chi connectivity index (χ3n) is 5.58. The molecule has 2 aromatic carbocycles. The monoisotopic (exact) mass is 445 g/mol. The van der Waals surface area contributed by atoms with Gasteiger partial charge in [0.2, 0.25) is 5.82 Å². The number of rotatable bonds is 9. The lowest BCUT2D eigenvalue weighted by Gasteiger charge is -2.11. The fraction of sp³-hybridized carbons (Fsp3) is 0.280. The van der Waals surface area contributed by atoms with E-state index in [1.165, 1.54) is 5.56 Å². The molecule has 0 spiro atoms. The van der Waals surface area contributed by atoms with Crippen LogP contribution in [-0.2, 0) is 17.8 Å². The van der Waals surface area contributed by atoms with Crippen molar-refractivity contribution >= 4 is 5.97 Å². The normalized spacial score (nSPS) is 11.1. The first-order valence-electron chi connectivity index (χ1n) is 11.0. The average Bonchev–Trinajstić information content (AvgIpc) is 3.45. The molecular formula is C25H27N5O3. The van der Waals surface area contributed by atoms with E-state index in [9.17, 15) is 4.79 Å². The smallest absolute Gasteiger partial charge is 0.317 e. The van der Waals surface area contributed by atoms with Crippen LogP contribution in [0.2, 0.25) is 0 Å². The number of hydrogen-bond donors (Lipinski definition) is 2. The summed E-state index contributed by atoms with van der Waals surface area (Å²) >= 11 is 0. The van der Waals surface area contributed by atoms with Crippen LogP contribution in [0.4, 0.5) is 0 Å². The number of aryl methyl sites for hydroxylation is 3. The molecule has 0 aliphatic rings. The summed E-state index contributed by atoms with van der Waals surface area (Å²) in [5.41, 5.74) is 7.00. The van der Waals surface area contributed by atoms with E-state index in [0.717, 1.165) is 40.9 Å². The molecule has 2 aromatic heterocycles. The van der Waals surface area contributed by atoms with E-state index in [-0.39, 0.29) is 6.54 Å². The van der Waals surface area contributed by atoms with Crippen molar-refractivity contribution in [2.45, 2.75) is 33.7 Å². The number of aromatic nitrogens is 4. The van der Waals surface area contributed by atoms with Crippen LogP contribution in [0.5, 0.6) is 0 Å². The molecule has 0 amide bonds. The Labute approximate surface area is 192 Å². The van der Waals surface area contributed by atoms with Crippen LogP contribution in [-0.4, -0.2) is 44.1 Å². The van der Waals surface area contributed by atoms with Crippen molar-refractivity contribution in [3.63, 3.8) is 0 Å². The second-order valence-electron chi connectivity index (χ2n) is 7.93. The summed E-state index contributed by atoms with van der Waals surface area (Å²) < 4.78 is 7.49. The maximum atomic E-state index is 10.7. The van der Waals surface area contributed by atoms with E-state index in [0.29, 0.717) is 24.0 Å². The van der Waals surface area contributed by atoms with Gasteiger partial charge in [0.15, 0.2) is 5.69 Å². The molecule has 8 heteroatoms. The average molecular weight is 446 g/mol. The molecule has 0 bridgehead atoms. The van der Waals surface area contributed by atoms with Crippen LogP contribution in [0, 0.1) is 13.8 Å². The van der Waals surface area contributed by atoms with Crippen LogP contribution in [0.3, 0.4) is 0 Å². The van der Waals surface area contributed by atoms with Crippen LogP contribution >= 0.6 is 0 Å². The Kier molecular flexibility index (Phi) is 6.65. The maximum Gasteiger partial charge on any atom is 0.317 e. The summed E-state index contributed by atoms with van der Waals surface area (Å²) in [7, 11) is 0. The molecule has 2 N–H and O–H groups in total. The van der Waals surface area contributed by atoms with Crippen LogP contribution in [0.15, 0.2) is 53.1 Å².